The molecule has 0 unspecified atom stereocenters. The molecule has 3 aliphatic rings. The molecular weight excluding hydrogens is 406 g/mol. The van der Waals surface area contributed by atoms with Crippen LogP contribution in [-0.4, -0.2) is 63.9 Å². The summed E-state index contributed by atoms with van der Waals surface area (Å²) in [6.45, 7) is 5.63. The first-order chi connectivity index (χ1) is 15.4. The van der Waals surface area contributed by atoms with Crippen molar-refractivity contribution < 1.29 is 9.59 Å². The first-order valence-electron chi connectivity index (χ1n) is 11.3. The van der Waals surface area contributed by atoms with E-state index in [2.05, 4.69) is 37.3 Å². The summed E-state index contributed by atoms with van der Waals surface area (Å²) in [4.78, 5) is 42.5. The SMILES string of the molecule is CNC(=O)c1ncc(Nc2nccc(N3C[C@H]4CC[C@@H](C3)N4C(=O)[C@H]3C[C@@H]3C)n2)cc1C. The largest absolute Gasteiger partial charge is 0.354 e. The van der Waals surface area contributed by atoms with Gasteiger partial charge in [-0.3, -0.25) is 9.59 Å². The summed E-state index contributed by atoms with van der Waals surface area (Å²) in [5.41, 5.74) is 1.89. The van der Waals surface area contributed by atoms with E-state index in [0.717, 1.165) is 49.4 Å². The molecule has 3 fully saturated rings. The van der Waals surface area contributed by atoms with Crippen LogP contribution in [0.1, 0.15) is 42.2 Å². The second-order valence-corrected chi connectivity index (χ2v) is 9.19. The molecule has 2 amide bonds. The highest BCUT2D eigenvalue weighted by atomic mass is 16.2. The molecule has 0 spiro atoms. The number of hydrogen-bond donors (Lipinski definition) is 2. The molecule has 2 saturated heterocycles. The first kappa shape index (κ1) is 20.7. The van der Waals surface area contributed by atoms with Crippen molar-refractivity contribution >= 4 is 29.3 Å². The predicted molar refractivity (Wildman–Crippen MR) is 121 cm³/mol. The maximum Gasteiger partial charge on any atom is 0.269 e. The summed E-state index contributed by atoms with van der Waals surface area (Å²) < 4.78 is 0. The highest BCUT2D eigenvalue weighted by Gasteiger charge is 2.49. The van der Waals surface area contributed by atoms with Crippen LogP contribution in [0, 0.1) is 18.8 Å². The van der Waals surface area contributed by atoms with Crippen LogP contribution in [0.4, 0.5) is 17.5 Å². The van der Waals surface area contributed by atoms with Crippen molar-refractivity contribution in [3.63, 3.8) is 0 Å². The molecule has 2 aromatic heterocycles. The van der Waals surface area contributed by atoms with Crippen LogP contribution in [0.2, 0.25) is 0 Å². The minimum atomic E-state index is -0.212. The molecule has 4 heterocycles. The fourth-order valence-corrected chi connectivity index (χ4v) is 5.02. The quantitative estimate of drug-likeness (QED) is 0.741. The fraction of sp³-hybridized carbons (Fsp3) is 0.522. The number of pyridine rings is 1. The monoisotopic (exact) mass is 435 g/mol. The zero-order chi connectivity index (χ0) is 22.4. The van der Waals surface area contributed by atoms with Crippen LogP contribution >= 0.6 is 0 Å². The average molecular weight is 436 g/mol. The summed E-state index contributed by atoms with van der Waals surface area (Å²) in [6, 6.07) is 4.31. The number of fused-ring (bicyclic) bond motifs is 2. The standard InChI is InChI=1S/C23H29N7O2/c1-13-9-18(13)22(32)30-16-4-5-17(30)12-29(11-16)19-6-7-25-23(28-19)27-15-8-14(2)20(26-10-15)21(31)24-3/h6-8,10,13,16-18H,4-5,9,11-12H2,1-3H3,(H,24,31)(H,25,27,28)/t13-,16-,17+,18-/m0/s1. The highest BCUT2D eigenvalue weighted by Crippen LogP contribution is 2.43. The van der Waals surface area contributed by atoms with Gasteiger partial charge < -0.3 is 20.4 Å². The van der Waals surface area contributed by atoms with Gasteiger partial charge in [0.1, 0.15) is 11.5 Å². The maximum absolute atomic E-state index is 12.9. The molecule has 2 aromatic rings. The molecule has 0 aromatic carbocycles. The minimum Gasteiger partial charge on any atom is -0.354 e. The number of piperazine rings is 1. The molecule has 32 heavy (non-hydrogen) atoms. The van der Waals surface area contributed by atoms with Gasteiger partial charge in [0.15, 0.2) is 0 Å². The molecular formula is C23H29N7O2. The average Bonchev–Trinajstić information content (AvgIpc) is 3.46. The fourth-order valence-electron chi connectivity index (χ4n) is 5.02. The Bertz CT molecular complexity index is 1040. The summed E-state index contributed by atoms with van der Waals surface area (Å²) in [5.74, 6) is 2.27. The molecule has 9 heteroatoms. The van der Waals surface area contributed by atoms with Crippen LogP contribution in [0.25, 0.3) is 0 Å². The number of hydrogen-bond acceptors (Lipinski definition) is 7. The summed E-state index contributed by atoms with van der Waals surface area (Å²) >= 11 is 0. The number of anilines is 3. The Hall–Kier alpha value is -3.23. The van der Waals surface area contributed by atoms with Crippen LogP contribution in [-0.2, 0) is 4.79 Å². The molecule has 9 nitrogen and oxygen atoms in total. The second-order valence-electron chi connectivity index (χ2n) is 9.19. The summed E-state index contributed by atoms with van der Waals surface area (Å²) in [7, 11) is 1.59. The van der Waals surface area contributed by atoms with E-state index >= 15 is 0 Å². The number of nitrogens with one attached hydrogen (secondary N) is 2. The Morgan fingerprint density at radius 1 is 1.16 bits per heavy atom. The number of nitrogens with zero attached hydrogens (tertiary/aromatic N) is 5. The van der Waals surface area contributed by atoms with Crippen LogP contribution in [0.5, 0.6) is 0 Å². The third-order valence-electron chi connectivity index (χ3n) is 6.90. The Morgan fingerprint density at radius 3 is 2.50 bits per heavy atom. The van der Waals surface area contributed by atoms with Gasteiger partial charge in [0, 0.05) is 44.3 Å². The van der Waals surface area contributed by atoms with Crippen LogP contribution in [0.3, 0.4) is 0 Å². The van der Waals surface area contributed by atoms with E-state index in [9.17, 15) is 9.59 Å². The number of carbonyl (C=O) groups excluding carboxylic acids is 2. The molecule has 1 aliphatic carbocycles. The van der Waals surface area contributed by atoms with E-state index in [1.54, 1.807) is 19.4 Å². The smallest absolute Gasteiger partial charge is 0.269 e. The lowest BCUT2D eigenvalue weighted by Crippen LogP contribution is -2.56. The molecule has 2 bridgehead atoms. The zero-order valence-electron chi connectivity index (χ0n) is 18.7. The van der Waals surface area contributed by atoms with Crippen molar-refractivity contribution in [3.8, 4) is 0 Å². The van der Waals surface area contributed by atoms with Gasteiger partial charge in [-0.15, -0.1) is 0 Å². The van der Waals surface area contributed by atoms with Gasteiger partial charge in [-0.25, -0.2) is 9.97 Å². The van der Waals surface area contributed by atoms with E-state index in [1.165, 1.54) is 0 Å². The summed E-state index contributed by atoms with van der Waals surface area (Å²) in [5, 5.41) is 5.79. The van der Waals surface area contributed by atoms with Gasteiger partial charge in [-0.1, -0.05) is 6.92 Å². The van der Waals surface area contributed by atoms with Crippen molar-refractivity contribution in [2.75, 3.05) is 30.4 Å². The van der Waals surface area contributed by atoms with E-state index < -0.39 is 0 Å². The lowest BCUT2D eigenvalue weighted by atomic mass is 10.1. The molecule has 4 atom stereocenters. The number of rotatable bonds is 5. The molecule has 168 valence electrons. The van der Waals surface area contributed by atoms with Crippen molar-refractivity contribution in [1.29, 1.82) is 0 Å². The Balaban J connectivity index is 1.29. The first-order valence-corrected chi connectivity index (χ1v) is 11.3. The minimum absolute atomic E-state index is 0.212. The van der Waals surface area contributed by atoms with Gasteiger partial charge in [-0.05, 0) is 49.8 Å². The van der Waals surface area contributed by atoms with Gasteiger partial charge in [0.2, 0.25) is 11.9 Å². The molecule has 0 radical (unpaired) electrons. The normalized spacial score (nSPS) is 26.1. The van der Waals surface area contributed by atoms with E-state index in [-0.39, 0.29) is 23.9 Å². The topological polar surface area (TPSA) is 103 Å². The van der Waals surface area contributed by atoms with E-state index in [4.69, 9.17) is 4.98 Å². The highest BCUT2D eigenvalue weighted by molar-refractivity contribution is 5.93. The third kappa shape index (κ3) is 3.76. The van der Waals surface area contributed by atoms with Gasteiger partial charge in [0.05, 0.1) is 11.9 Å². The van der Waals surface area contributed by atoms with E-state index in [1.807, 2.05) is 19.1 Å². The van der Waals surface area contributed by atoms with Crippen molar-refractivity contribution in [2.24, 2.45) is 11.8 Å². The maximum atomic E-state index is 12.9. The Morgan fingerprint density at radius 2 is 1.88 bits per heavy atom. The Labute approximate surface area is 187 Å². The lowest BCUT2D eigenvalue weighted by Gasteiger charge is -2.41. The molecule has 1 saturated carbocycles. The second kappa shape index (κ2) is 8.03. The lowest BCUT2D eigenvalue weighted by molar-refractivity contribution is -0.136. The number of carbonyl (C=O) groups is 2. The van der Waals surface area contributed by atoms with Gasteiger partial charge in [0.25, 0.3) is 5.91 Å². The predicted octanol–water partition coefficient (Wildman–Crippen LogP) is 2.12. The summed E-state index contributed by atoms with van der Waals surface area (Å²) in [6.07, 6.45) is 6.52. The van der Waals surface area contributed by atoms with Gasteiger partial charge >= 0.3 is 0 Å². The molecule has 2 N–H and O–H groups in total. The third-order valence-corrected chi connectivity index (χ3v) is 6.90. The van der Waals surface area contributed by atoms with Crippen LogP contribution < -0.4 is 15.5 Å². The van der Waals surface area contributed by atoms with Crippen LogP contribution in [0.15, 0.2) is 24.5 Å². The van der Waals surface area contributed by atoms with Crippen molar-refractivity contribution in [3.05, 3.63) is 35.8 Å². The number of aromatic nitrogens is 3. The Kier molecular flexibility index (Phi) is 5.19. The molecule has 2 aliphatic heterocycles. The zero-order valence-corrected chi connectivity index (χ0v) is 18.7. The van der Waals surface area contributed by atoms with Crippen molar-refractivity contribution in [2.45, 2.75) is 45.2 Å². The molecule has 5 rings (SSSR count). The van der Waals surface area contributed by atoms with Crippen molar-refractivity contribution in [1.82, 2.24) is 25.2 Å². The van der Waals surface area contributed by atoms with E-state index in [0.29, 0.717) is 23.5 Å². The number of aryl methyl sites for hydroxylation is 1. The number of amides is 2. The van der Waals surface area contributed by atoms with Gasteiger partial charge in [-0.2, -0.15) is 4.98 Å².